The average Bonchev–Trinajstić information content (AvgIpc) is 2.64. The highest BCUT2D eigenvalue weighted by molar-refractivity contribution is 6.52. The lowest BCUT2D eigenvalue weighted by Gasteiger charge is -2.18. The van der Waals surface area contributed by atoms with Crippen LogP contribution in [0.1, 0.15) is 30.6 Å². The molecule has 2 amide bonds. The molecule has 1 heterocycles. The molecule has 100 valence electrons. The van der Waals surface area contributed by atoms with Crippen LogP contribution in [0.25, 0.3) is 0 Å². The number of hydrogen-bond donors (Lipinski definition) is 1. The number of nitrogens with one attached hydrogen (secondary N) is 1. The summed E-state index contributed by atoms with van der Waals surface area (Å²) < 4.78 is 0. The Morgan fingerprint density at radius 2 is 2.00 bits per heavy atom. The van der Waals surface area contributed by atoms with E-state index in [1.807, 2.05) is 13.8 Å². The van der Waals surface area contributed by atoms with E-state index in [1.165, 1.54) is 4.90 Å². The fourth-order valence-electron chi connectivity index (χ4n) is 1.97. The topological polar surface area (TPSA) is 66.5 Å². The van der Waals surface area contributed by atoms with Crippen molar-refractivity contribution < 1.29 is 14.4 Å². The summed E-state index contributed by atoms with van der Waals surface area (Å²) in [5, 5.41) is 2.78. The van der Waals surface area contributed by atoms with Crippen molar-refractivity contribution in [2.45, 2.75) is 26.3 Å². The number of para-hydroxylation sites is 1. The Morgan fingerprint density at radius 1 is 1.32 bits per heavy atom. The second-order valence-corrected chi connectivity index (χ2v) is 4.61. The summed E-state index contributed by atoms with van der Waals surface area (Å²) in [4.78, 5) is 36.6. The zero-order chi connectivity index (χ0) is 14.0. The molecule has 5 nitrogen and oxygen atoms in total. The summed E-state index contributed by atoms with van der Waals surface area (Å²) in [5.74, 6) is -1.44. The van der Waals surface area contributed by atoms with Crippen LogP contribution in [-0.4, -0.2) is 30.2 Å². The summed E-state index contributed by atoms with van der Waals surface area (Å²) in [6.45, 7) is 3.74. The zero-order valence-corrected chi connectivity index (χ0v) is 11.0. The van der Waals surface area contributed by atoms with E-state index in [4.69, 9.17) is 0 Å². The molecular weight excluding hydrogens is 244 g/mol. The van der Waals surface area contributed by atoms with Gasteiger partial charge in [-0.05, 0) is 25.5 Å². The minimum Gasteiger partial charge on any atom is -0.352 e. The van der Waals surface area contributed by atoms with Gasteiger partial charge in [0.2, 0.25) is 5.91 Å². The fourth-order valence-corrected chi connectivity index (χ4v) is 1.97. The second kappa shape index (κ2) is 5.22. The van der Waals surface area contributed by atoms with E-state index in [1.54, 1.807) is 24.3 Å². The first-order valence-electron chi connectivity index (χ1n) is 6.29. The van der Waals surface area contributed by atoms with Crippen LogP contribution < -0.4 is 10.2 Å². The van der Waals surface area contributed by atoms with E-state index in [0.717, 1.165) is 6.42 Å². The van der Waals surface area contributed by atoms with Gasteiger partial charge in [0.1, 0.15) is 6.54 Å². The van der Waals surface area contributed by atoms with E-state index in [-0.39, 0.29) is 18.5 Å². The van der Waals surface area contributed by atoms with Crippen molar-refractivity contribution in [3.05, 3.63) is 29.8 Å². The molecule has 1 aromatic rings. The Kier molecular flexibility index (Phi) is 3.64. The lowest BCUT2D eigenvalue weighted by molar-refractivity contribution is -0.122. The van der Waals surface area contributed by atoms with Crippen molar-refractivity contribution in [3.63, 3.8) is 0 Å². The van der Waals surface area contributed by atoms with Crippen LogP contribution >= 0.6 is 0 Å². The summed E-state index contributed by atoms with van der Waals surface area (Å²) in [5.41, 5.74) is 0.876. The standard InChI is InChI=1S/C14H16N2O3/c1-3-9(2)15-12(17)8-16-11-7-5-4-6-10(11)13(18)14(16)19/h4-7,9H,3,8H2,1-2H3,(H,15,17). The second-order valence-electron chi connectivity index (χ2n) is 4.61. The minimum absolute atomic E-state index is 0.0520. The highest BCUT2D eigenvalue weighted by Crippen LogP contribution is 2.27. The number of hydrogen-bond acceptors (Lipinski definition) is 3. The molecule has 2 rings (SSSR count). The lowest BCUT2D eigenvalue weighted by Crippen LogP contribution is -2.42. The smallest absolute Gasteiger partial charge is 0.299 e. The van der Waals surface area contributed by atoms with Gasteiger partial charge in [0.05, 0.1) is 11.3 Å². The van der Waals surface area contributed by atoms with Crippen molar-refractivity contribution in [1.29, 1.82) is 0 Å². The van der Waals surface area contributed by atoms with E-state index in [2.05, 4.69) is 5.32 Å². The molecule has 0 saturated carbocycles. The van der Waals surface area contributed by atoms with Crippen molar-refractivity contribution >= 4 is 23.3 Å². The summed E-state index contributed by atoms with van der Waals surface area (Å²) in [6, 6.07) is 6.77. The van der Waals surface area contributed by atoms with Crippen LogP contribution in [0, 0.1) is 0 Å². The van der Waals surface area contributed by atoms with Crippen LogP contribution in [-0.2, 0) is 9.59 Å². The van der Waals surface area contributed by atoms with Crippen LogP contribution in [0.2, 0.25) is 0 Å². The highest BCUT2D eigenvalue weighted by atomic mass is 16.2. The molecule has 19 heavy (non-hydrogen) atoms. The van der Waals surface area contributed by atoms with Gasteiger partial charge in [-0.1, -0.05) is 19.1 Å². The predicted molar refractivity (Wildman–Crippen MR) is 71.0 cm³/mol. The molecule has 1 N–H and O–H groups in total. The van der Waals surface area contributed by atoms with Gasteiger partial charge in [-0.3, -0.25) is 19.3 Å². The number of anilines is 1. The van der Waals surface area contributed by atoms with E-state index < -0.39 is 11.7 Å². The third-order valence-electron chi connectivity index (χ3n) is 3.20. The van der Waals surface area contributed by atoms with Gasteiger partial charge in [0, 0.05) is 6.04 Å². The van der Waals surface area contributed by atoms with Gasteiger partial charge < -0.3 is 5.32 Å². The van der Waals surface area contributed by atoms with E-state index in [9.17, 15) is 14.4 Å². The molecule has 0 aromatic heterocycles. The number of carbonyl (C=O) groups is 3. The molecule has 0 radical (unpaired) electrons. The first-order valence-corrected chi connectivity index (χ1v) is 6.29. The molecule has 0 spiro atoms. The Hall–Kier alpha value is -2.17. The van der Waals surface area contributed by atoms with Crippen LogP contribution in [0.5, 0.6) is 0 Å². The Morgan fingerprint density at radius 3 is 2.68 bits per heavy atom. The molecule has 1 atom stereocenters. The number of carbonyl (C=O) groups excluding carboxylic acids is 3. The molecule has 0 bridgehead atoms. The third-order valence-corrected chi connectivity index (χ3v) is 3.20. The van der Waals surface area contributed by atoms with Gasteiger partial charge in [0.15, 0.2) is 0 Å². The van der Waals surface area contributed by atoms with Gasteiger partial charge in [-0.2, -0.15) is 0 Å². The normalized spacial score (nSPS) is 15.4. The van der Waals surface area contributed by atoms with E-state index >= 15 is 0 Å². The maximum absolute atomic E-state index is 11.8. The van der Waals surface area contributed by atoms with Crippen molar-refractivity contribution in [2.24, 2.45) is 0 Å². The number of amides is 2. The molecular formula is C14H16N2O3. The number of Topliss-reactive ketones (excluding diaryl/α,β-unsaturated/α-hetero) is 1. The molecule has 0 saturated heterocycles. The van der Waals surface area contributed by atoms with Gasteiger partial charge in [-0.15, -0.1) is 0 Å². The number of rotatable bonds is 4. The molecule has 1 aliphatic heterocycles. The monoisotopic (exact) mass is 260 g/mol. The number of fused-ring (bicyclic) bond motifs is 1. The first-order chi connectivity index (χ1) is 9.04. The maximum Gasteiger partial charge on any atom is 0.299 e. The average molecular weight is 260 g/mol. The summed E-state index contributed by atoms with van der Waals surface area (Å²) in [7, 11) is 0. The molecule has 1 unspecified atom stereocenters. The van der Waals surface area contributed by atoms with Gasteiger partial charge in [0.25, 0.3) is 11.7 Å². The Bertz CT molecular complexity index is 539. The molecule has 0 aliphatic carbocycles. The summed E-state index contributed by atoms with van der Waals surface area (Å²) >= 11 is 0. The Labute approximate surface area is 111 Å². The van der Waals surface area contributed by atoms with Crippen LogP contribution in [0.4, 0.5) is 5.69 Å². The zero-order valence-electron chi connectivity index (χ0n) is 11.0. The van der Waals surface area contributed by atoms with Gasteiger partial charge in [-0.25, -0.2) is 0 Å². The predicted octanol–water partition coefficient (Wildman–Crippen LogP) is 1.13. The summed E-state index contributed by atoms with van der Waals surface area (Å²) in [6.07, 6.45) is 0.815. The largest absolute Gasteiger partial charge is 0.352 e. The maximum atomic E-state index is 11.8. The Balaban J connectivity index is 2.15. The molecule has 5 heteroatoms. The molecule has 1 aliphatic rings. The minimum atomic E-state index is -0.638. The first kappa shape index (κ1) is 13.3. The van der Waals surface area contributed by atoms with Crippen molar-refractivity contribution in [1.82, 2.24) is 5.32 Å². The molecule has 1 aromatic carbocycles. The van der Waals surface area contributed by atoms with Crippen LogP contribution in [0.3, 0.4) is 0 Å². The fraction of sp³-hybridized carbons (Fsp3) is 0.357. The van der Waals surface area contributed by atoms with Crippen LogP contribution in [0.15, 0.2) is 24.3 Å². The van der Waals surface area contributed by atoms with Crippen molar-refractivity contribution in [2.75, 3.05) is 11.4 Å². The number of nitrogens with zero attached hydrogens (tertiary/aromatic N) is 1. The van der Waals surface area contributed by atoms with Gasteiger partial charge >= 0.3 is 0 Å². The third kappa shape index (κ3) is 2.50. The number of benzene rings is 1. The highest BCUT2D eigenvalue weighted by Gasteiger charge is 2.36. The molecule has 0 fully saturated rings. The quantitative estimate of drug-likeness (QED) is 0.825. The van der Waals surface area contributed by atoms with Crippen molar-refractivity contribution in [3.8, 4) is 0 Å². The van der Waals surface area contributed by atoms with E-state index in [0.29, 0.717) is 11.3 Å². The number of ketones is 1. The SMILES string of the molecule is CCC(C)NC(=O)CN1C(=O)C(=O)c2ccccc21. The lowest BCUT2D eigenvalue weighted by atomic mass is 10.1.